The van der Waals surface area contributed by atoms with E-state index in [9.17, 15) is 0 Å². The topological polar surface area (TPSA) is 12.0 Å². The van der Waals surface area contributed by atoms with Gasteiger partial charge in [0.15, 0.2) is 0 Å². The summed E-state index contributed by atoms with van der Waals surface area (Å²) in [5.41, 5.74) is 0.648. The fourth-order valence-electron chi connectivity index (χ4n) is 2.24. The molecular formula is C9H17N. The molecule has 1 saturated carbocycles. The molecule has 1 N–H and O–H groups in total. The van der Waals surface area contributed by atoms with E-state index in [1.807, 2.05) is 0 Å². The van der Waals surface area contributed by atoms with Gasteiger partial charge in [-0.15, -0.1) is 0 Å². The van der Waals surface area contributed by atoms with E-state index < -0.39 is 0 Å². The molecule has 0 aromatic carbocycles. The van der Waals surface area contributed by atoms with Gasteiger partial charge in [0, 0.05) is 5.54 Å². The molecule has 1 aliphatic carbocycles. The summed E-state index contributed by atoms with van der Waals surface area (Å²) in [4.78, 5) is 0. The Morgan fingerprint density at radius 1 is 1.40 bits per heavy atom. The van der Waals surface area contributed by atoms with Gasteiger partial charge < -0.3 is 5.32 Å². The van der Waals surface area contributed by atoms with Gasteiger partial charge in [0.2, 0.25) is 0 Å². The zero-order valence-electron chi connectivity index (χ0n) is 6.98. The van der Waals surface area contributed by atoms with E-state index in [4.69, 9.17) is 0 Å². The van der Waals surface area contributed by atoms with Crippen LogP contribution in [0.1, 0.15) is 33.1 Å². The molecule has 2 aliphatic rings. The zero-order chi connectivity index (χ0) is 7.19. The molecule has 10 heavy (non-hydrogen) atoms. The molecule has 1 spiro atoms. The Morgan fingerprint density at radius 3 is 2.30 bits per heavy atom. The van der Waals surface area contributed by atoms with Crippen LogP contribution in [0.4, 0.5) is 0 Å². The summed E-state index contributed by atoms with van der Waals surface area (Å²) < 4.78 is 0. The van der Waals surface area contributed by atoms with Crippen molar-refractivity contribution in [3.05, 3.63) is 0 Å². The first-order valence-corrected chi connectivity index (χ1v) is 4.47. The third kappa shape index (κ3) is 0.800. The molecule has 2 rings (SSSR count). The number of hydrogen-bond acceptors (Lipinski definition) is 1. The van der Waals surface area contributed by atoms with Gasteiger partial charge in [-0.2, -0.15) is 0 Å². The predicted molar refractivity (Wildman–Crippen MR) is 42.9 cm³/mol. The molecule has 0 aromatic heterocycles. The summed E-state index contributed by atoms with van der Waals surface area (Å²) in [7, 11) is 0. The van der Waals surface area contributed by atoms with E-state index in [-0.39, 0.29) is 0 Å². The van der Waals surface area contributed by atoms with Gasteiger partial charge in [-0.1, -0.05) is 13.8 Å². The molecule has 0 radical (unpaired) electrons. The summed E-state index contributed by atoms with van der Waals surface area (Å²) in [6.07, 6.45) is 4.34. The van der Waals surface area contributed by atoms with Crippen molar-refractivity contribution in [1.29, 1.82) is 0 Å². The minimum atomic E-state index is 0.648. The quantitative estimate of drug-likeness (QED) is 0.584. The SMILES string of the molecule is CC(C)C1CC2(CCN2)C1. The summed E-state index contributed by atoms with van der Waals surface area (Å²) >= 11 is 0. The smallest absolute Gasteiger partial charge is 0.0199 e. The van der Waals surface area contributed by atoms with E-state index in [2.05, 4.69) is 19.2 Å². The fourth-order valence-corrected chi connectivity index (χ4v) is 2.24. The molecule has 1 heterocycles. The van der Waals surface area contributed by atoms with Crippen LogP contribution in [0, 0.1) is 11.8 Å². The zero-order valence-corrected chi connectivity index (χ0v) is 6.98. The number of nitrogens with one attached hydrogen (secondary N) is 1. The van der Waals surface area contributed by atoms with Gasteiger partial charge >= 0.3 is 0 Å². The van der Waals surface area contributed by atoms with E-state index in [1.165, 1.54) is 25.8 Å². The van der Waals surface area contributed by atoms with Crippen LogP contribution in [0.25, 0.3) is 0 Å². The van der Waals surface area contributed by atoms with E-state index in [1.54, 1.807) is 0 Å². The van der Waals surface area contributed by atoms with E-state index >= 15 is 0 Å². The lowest BCUT2D eigenvalue weighted by molar-refractivity contribution is 0.0159. The summed E-state index contributed by atoms with van der Waals surface area (Å²) in [6.45, 7) is 5.96. The van der Waals surface area contributed by atoms with Crippen molar-refractivity contribution in [2.75, 3.05) is 6.54 Å². The van der Waals surface area contributed by atoms with Crippen molar-refractivity contribution < 1.29 is 0 Å². The Morgan fingerprint density at radius 2 is 2.00 bits per heavy atom. The predicted octanol–water partition coefficient (Wildman–Crippen LogP) is 1.78. The fraction of sp³-hybridized carbons (Fsp3) is 1.00. The molecular weight excluding hydrogens is 122 g/mol. The van der Waals surface area contributed by atoms with Crippen LogP contribution in [0.3, 0.4) is 0 Å². The first-order chi connectivity index (χ1) is 4.72. The van der Waals surface area contributed by atoms with Gasteiger partial charge in [-0.05, 0) is 37.6 Å². The Hall–Kier alpha value is -0.0400. The van der Waals surface area contributed by atoms with Crippen LogP contribution in [0.5, 0.6) is 0 Å². The maximum atomic E-state index is 3.54. The molecule has 1 aliphatic heterocycles. The first-order valence-electron chi connectivity index (χ1n) is 4.47. The second kappa shape index (κ2) is 1.97. The highest BCUT2D eigenvalue weighted by atomic mass is 15.1. The Labute approximate surface area is 63.2 Å². The van der Waals surface area contributed by atoms with Crippen molar-refractivity contribution in [3.8, 4) is 0 Å². The third-order valence-corrected chi connectivity index (χ3v) is 3.35. The monoisotopic (exact) mass is 139 g/mol. The Kier molecular flexibility index (Phi) is 1.31. The van der Waals surface area contributed by atoms with Crippen LogP contribution in [-0.4, -0.2) is 12.1 Å². The molecule has 2 fully saturated rings. The van der Waals surface area contributed by atoms with Crippen molar-refractivity contribution in [1.82, 2.24) is 5.32 Å². The Balaban J connectivity index is 1.82. The van der Waals surface area contributed by atoms with Gasteiger partial charge in [-0.3, -0.25) is 0 Å². The molecule has 0 amide bonds. The normalized spacial score (nSPS) is 45.3. The summed E-state index contributed by atoms with van der Waals surface area (Å²) in [5, 5.41) is 3.54. The minimum Gasteiger partial charge on any atom is -0.311 e. The van der Waals surface area contributed by atoms with E-state index in [0.29, 0.717) is 5.54 Å². The second-order valence-electron chi connectivity index (χ2n) is 4.37. The molecule has 1 nitrogen and oxygen atoms in total. The molecule has 0 unspecified atom stereocenters. The average Bonchev–Trinajstić information content (AvgIpc) is 1.54. The van der Waals surface area contributed by atoms with Crippen LogP contribution in [0.2, 0.25) is 0 Å². The average molecular weight is 139 g/mol. The van der Waals surface area contributed by atoms with Crippen molar-refractivity contribution in [2.24, 2.45) is 11.8 Å². The minimum absolute atomic E-state index is 0.648. The molecule has 0 aromatic rings. The summed E-state index contributed by atoms with van der Waals surface area (Å²) in [5.74, 6) is 1.93. The lowest BCUT2D eigenvalue weighted by atomic mass is 9.60. The highest BCUT2D eigenvalue weighted by Gasteiger charge is 2.48. The van der Waals surface area contributed by atoms with E-state index in [0.717, 1.165) is 11.8 Å². The molecule has 1 heteroatoms. The van der Waals surface area contributed by atoms with Crippen molar-refractivity contribution in [2.45, 2.75) is 38.6 Å². The lowest BCUT2D eigenvalue weighted by Gasteiger charge is -2.56. The van der Waals surface area contributed by atoms with Crippen LogP contribution in [-0.2, 0) is 0 Å². The standard InChI is InChI=1S/C9H17N/c1-7(2)8-5-9(6-8)3-4-10-9/h7-8,10H,3-6H2,1-2H3. The maximum absolute atomic E-state index is 3.54. The van der Waals surface area contributed by atoms with Crippen LogP contribution < -0.4 is 5.32 Å². The highest BCUT2D eigenvalue weighted by molar-refractivity contribution is 5.07. The van der Waals surface area contributed by atoms with Gasteiger partial charge in [-0.25, -0.2) is 0 Å². The lowest BCUT2D eigenvalue weighted by Crippen LogP contribution is -2.65. The molecule has 58 valence electrons. The van der Waals surface area contributed by atoms with Crippen molar-refractivity contribution >= 4 is 0 Å². The van der Waals surface area contributed by atoms with Crippen molar-refractivity contribution in [3.63, 3.8) is 0 Å². The third-order valence-electron chi connectivity index (χ3n) is 3.35. The number of rotatable bonds is 1. The summed E-state index contributed by atoms with van der Waals surface area (Å²) in [6, 6.07) is 0. The van der Waals surface area contributed by atoms with Gasteiger partial charge in [0.25, 0.3) is 0 Å². The molecule has 0 atom stereocenters. The van der Waals surface area contributed by atoms with Gasteiger partial charge in [0.05, 0.1) is 0 Å². The van der Waals surface area contributed by atoms with Crippen LogP contribution >= 0.6 is 0 Å². The largest absolute Gasteiger partial charge is 0.311 e. The van der Waals surface area contributed by atoms with Gasteiger partial charge in [0.1, 0.15) is 0 Å². The molecule has 1 saturated heterocycles. The highest BCUT2D eigenvalue weighted by Crippen LogP contribution is 2.47. The maximum Gasteiger partial charge on any atom is 0.0199 e. The number of hydrogen-bond donors (Lipinski definition) is 1. The first kappa shape index (κ1) is 6.66. The Bertz CT molecular complexity index is 128. The molecule has 0 bridgehead atoms. The van der Waals surface area contributed by atoms with Crippen LogP contribution in [0.15, 0.2) is 0 Å². The second-order valence-corrected chi connectivity index (χ2v) is 4.37.